The third-order valence-corrected chi connectivity index (χ3v) is 4.92. The average Bonchev–Trinajstić information content (AvgIpc) is 3.37. The number of amides is 2. The fourth-order valence-electron chi connectivity index (χ4n) is 2.81. The summed E-state index contributed by atoms with van der Waals surface area (Å²) in [5.41, 5.74) is 1.53. The fraction of sp³-hybridized carbons (Fsp3) is 0.333. The number of rotatable bonds is 6. The number of urea groups is 1. The number of carbonyl (C=O) groups is 1. The summed E-state index contributed by atoms with van der Waals surface area (Å²) in [5.74, 6) is 0.768. The van der Waals surface area contributed by atoms with Crippen LogP contribution in [-0.2, 0) is 11.3 Å². The second-order valence-corrected chi connectivity index (χ2v) is 6.98. The van der Waals surface area contributed by atoms with Gasteiger partial charge in [-0.25, -0.2) is 9.78 Å². The molecule has 1 aliphatic heterocycles. The largest absolute Gasteiger partial charge is 0.491 e. The molecule has 1 unspecified atom stereocenters. The molecule has 0 radical (unpaired) electrons. The van der Waals surface area contributed by atoms with Gasteiger partial charge < -0.3 is 20.1 Å². The summed E-state index contributed by atoms with van der Waals surface area (Å²) >= 11 is 1.56. The van der Waals surface area contributed by atoms with E-state index < -0.39 is 0 Å². The molecule has 3 aromatic rings. The number of hydrogen-bond acceptors (Lipinski definition) is 5. The fourth-order valence-corrected chi connectivity index (χ4v) is 3.53. The molecule has 0 aliphatic carbocycles. The van der Waals surface area contributed by atoms with Crippen molar-refractivity contribution in [3.8, 4) is 5.75 Å². The van der Waals surface area contributed by atoms with Crippen LogP contribution in [0.3, 0.4) is 0 Å². The molecule has 2 amide bonds. The molecule has 1 aliphatic rings. The van der Waals surface area contributed by atoms with Crippen LogP contribution in [0.5, 0.6) is 5.75 Å². The van der Waals surface area contributed by atoms with Gasteiger partial charge in [-0.3, -0.25) is 4.40 Å². The Morgan fingerprint density at radius 3 is 3.04 bits per heavy atom. The smallest absolute Gasteiger partial charge is 0.319 e. The normalized spacial score (nSPS) is 16.7. The number of ether oxygens (including phenoxy) is 2. The van der Waals surface area contributed by atoms with E-state index in [1.165, 1.54) is 0 Å². The minimum atomic E-state index is -0.269. The minimum Gasteiger partial charge on any atom is -0.491 e. The van der Waals surface area contributed by atoms with Crippen LogP contribution in [-0.4, -0.2) is 34.7 Å². The van der Waals surface area contributed by atoms with Crippen molar-refractivity contribution in [2.45, 2.75) is 25.5 Å². The van der Waals surface area contributed by atoms with Crippen LogP contribution < -0.4 is 15.4 Å². The van der Waals surface area contributed by atoms with Crippen molar-refractivity contribution in [2.75, 3.05) is 18.5 Å². The first-order chi connectivity index (χ1) is 12.8. The number of hydrogen-bond donors (Lipinski definition) is 2. The van der Waals surface area contributed by atoms with E-state index in [-0.39, 0.29) is 12.1 Å². The first kappa shape index (κ1) is 16.9. The molecule has 1 aromatic carbocycles. The van der Waals surface area contributed by atoms with Crippen molar-refractivity contribution >= 4 is 28.0 Å². The van der Waals surface area contributed by atoms with Crippen molar-refractivity contribution in [3.05, 3.63) is 47.7 Å². The van der Waals surface area contributed by atoms with E-state index in [1.54, 1.807) is 11.3 Å². The van der Waals surface area contributed by atoms with Crippen LogP contribution in [0.2, 0.25) is 0 Å². The zero-order valence-corrected chi connectivity index (χ0v) is 15.0. The van der Waals surface area contributed by atoms with Crippen molar-refractivity contribution in [3.63, 3.8) is 0 Å². The van der Waals surface area contributed by atoms with E-state index in [1.807, 2.05) is 46.4 Å². The SMILES string of the molecule is O=C(NCc1cn2ccsc2n1)Nc1ccc(OCC2CCCO2)cc1. The summed E-state index contributed by atoms with van der Waals surface area (Å²) < 4.78 is 13.2. The zero-order valence-electron chi connectivity index (χ0n) is 14.2. The van der Waals surface area contributed by atoms with E-state index in [9.17, 15) is 4.79 Å². The Kier molecular flexibility index (Phi) is 5.03. The maximum atomic E-state index is 12.0. The van der Waals surface area contributed by atoms with E-state index >= 15 is 0 Å². The summed E-state index contributed by atoms with van der Waals surface area (Å²) in [5, 5.41) is 7.58. The lowest BCUT2D eigenvalue weighted by Crippen LogP contribution is -2.28. The van der Waals surface area contributed by atoms with Gasteiger partial charge in [-0.1, -0.05) is 0 Å². The number of carbonyl (C=O) groups excluding carboxylic acids is 1. The molecule has 3 heterocycles. The first-order valence-corrected chi connectivity index (χ1v) is 9.44. The van der Waals surface area contributed by atoms with Crippen LogP contribution in [0.25, 0.3) is 4.96 Å². The lowest BCUT2D eigenvalue weighted by molar-refractivity contribution is 0.0679. The van der Waals surface area contributed by atoms with Gasteiger partial charge in [0.15, 0.2) is 4.96 Å². The van der Waals surface area contributed by atoms with Crippen molar-refractivity contribution in [1.82, 2.24) is 14.7 Å². The first-order valence-electron chi connectivity index (χ1n) is 8.57. The predicted molar refractivity (Wildman–Crippen MR) is 99.8 cm³/mol. The van der Waals surface area contributed by atoms with Gasteiger partial charge >= 0.3 is 6.03 Å². The topological polar surface area (TPSA) is 76.9 Å². The number of aromatic nitrogens is 2. The Bertz CT molecular complexity index is 840. The van der Waals surface area contributed by atoms with Crippen LogP contribution in [0.15, 0.2) is 42.0 Å². The summed E-state index contributed by atoms with van der Waals surface area (Å²) in [6, 6.07) is 7.05. The number of nitrogens with zero attached hydrogens (tertiary/aromatic N) is 2. The lowest BCUT2D eigenvalue weighted by atomic mass is 10.2. The summed E-state index contributed by atoms with van der Waals surface area (Å²) in [7, 11) is 0. The molecule has 2 aromatic heterocycles. The number of anilines is 1. The maximum Gasteiger partial charge on any atom is 0.319 e. The summed E-state index contributed by atoms with van der Waals surface area (Å²) in [4.78, 5) is 17.4. The molecule has 26 heavy (non-hydrogen) atoms. The highest BCUT2D eigenvalue weighted by molar-refractivity contribution is 7.15. The van der Waals surface area contributed by atoms with Crippen LogP contribution in [0.1, 0.15) is 18.5 Å². The molecule has 1 saturated heterocycles. The van der Waals surface area contributed by atoms with Crippen molar-refractivity contribution in [1.29, 1.82) is 0 Å². The van der Waals surface area contributed by atoms with E-state index in [0.29, 0.717) is 18.8 Å². The number of nitrogens with one attached hydrogen (secondary N) is 2. The third kappa shape index (κ3) is 4.14. The summed E-state index contributed by atoms with van der Waals surface area (Å²) in [6.07, 6.45) is 6.19. The van der Waals surface area contributed by atoms with Crippen molar-refractivity contribution < 1.29 is 14.3 Å². The Labute approximate surface area is 155 Å². The zero-order chi connectivity index (χ0) is 17.8. The summed E-state index contributed by atoms with van der Waals surface area (Å²) in [6.45, 7) is 1.77. The standard InChI is InChI=1S/C18H20N4O3S/c23-17(19-10-14-11-22-7-9-26-18(22)21-14)20-13-3-5-15(6-4-13)25-12-16-2-1-8-24-16/h3-7,9,11,16H,1-2,8,10,12H2,(H2,19,20,23). The molecular formula is C18H20N4O3S. The Hall–Kier alpha value is -2.58. The molecule has 136 valence electrons. The van der Waals surface area contributed by atoms with Crippen LogP contribution in [0, 0.1) is 0 Å². The highest BCUT2D eigenvalue weighted by Gasteiger charge is 2.15. The molecule has 1 fully saturated rings. The van der Waals surface area contributed by atoms with Gasteiger partial charge in [0.25, 0.3) is 0 Å². The van der Waals surface area contributed by atoms with Crippen molar-refractivity contribution in [2.24, 2.45) is 0 Å². The van der Waals surface area contributed by atoms with Gasteiger partial charge in [-0.15, -0.1) is 11.3 Å². The van der Waals surface area contributed by atoms with Gasteiger partial charge in [0.05, 0.1) is 18.3 Å². The average molecular weight is 372 g/mol. The van der Waals surface area contributed by atoms with Gasteiger partial charge in [0, 0.05) is 30.1 Å². The molecule has 0 saturated carbocycles. The van der Waals surface area contributed by atoms with Gasteiger partial charge in [-0.05, 0) is 37.1 Å². The Morgan fingerprint density at radius 2 is 2.27 bits per heavy atom. The van der Waals surface area contributed by atoms with Gasteiger partial charge in [-0.2, -0.15) is 0 Å². The molecule has 7 nitrogen and oxygen atoms in total. The second-order valence-electron chi connectivity index (χ2n) is 6.10. The highest BCUT2D eigenvalue weighted by Crippen LogP contribution is 2.18. The molecular weight excluding hydrogens is 352 g/mol. The minimum absolute atomic E-state index is 0.191. The maximum absolute atomic E-state index is 12.0. The van der Waals surface area contributed by atoms with Gasteiger partial charge in [0.1, 0.15) is 12.4 Å². The lowest BCUT2D eigenvalue weighted by Gasteiger charge is -2.12. The number of benzene rings is 1. The highest BCUT2D eigenvalue weighted by atomic mass is 32.1. The molecule has 4 rings (SSSR count). The van der Waals surface area contributed by atoms with E-state index in [0.717, 1.165) is 35.9 Å². The molecule has 0 spiro atoms. The molecule has 2 N–H and O–H groups in total. The van der Waals surface area contributed by atoms with E-state index in [4.69, 9.17) is 9.47 Å². The van der Waals surface area contributed by atoms with E-state index in [2.05, 4.69) is 15.6 Å². The van der Waals surface area contributed by atoms with Crippen LogP contribution >= 0.6 is 11.3 Å². The van der Waals surface area contributed by atoms with Gasteiger partial charge in [0.2, 0.25) is 0 Å². The third-order valence-electron chi connectivity index (χ3n) is 4.15. The Morgan fingerprint density at radius 1 is 1.38 bits per heavy atom. The predicted octanol–water partition coefficient (Wildman–Crippen LogP) is 3.28. The van der Waals surface area contributed by atoms with Crippen LogP contribution in [0.4, 0.5) is 10.5 Å². The number of imidazole rings is 1. The quantitative estimate of drug-likeness (QED) is 0.696. The Balaban J connectivity index is 1.23. The monoisotopic (exact) mass is 372 g/mol. The number of fused-ring (bicyclic) bond motifs is 1. The molecule has 0 bridgehead atoms. The molecule has 8 heteroatoms. The number of thiazole rings is 1. The second kappa shape index (κ2) is 7.76. The molecule has 1 atom stereocenters.